The van der Waals surface area contributed by atoms with Crippen molar-refractivity contribution in [2.75, 3.05) is 18.5 Å². The van der Waals surface area contributed by atoms with Crippen LogP contribution in [-0.4, -0.2) is 33.9 Å². The molecule has 2 aromatic carbocycles. The van der Waals surface area contributed by atoms with Crippen LogP contribution in [0.1, 0.15) is 6.92 Å². The number of aromatic nitrogens is 2. The number of nitrogens with zero attached hydrogens (tertiary/aromatic N) is 2. The standard InChI is InChI=1S/C20H19N3O4S/c1-12(18(24)21-13-7-8-16-17(11-13)27-10-9-26-16)28-20-22-15-6-4-3-5-14(15)19(25)23(20)2/h3-8,11-12H,9-10H2,1-2H3,(H,21,24)/t12-/m0/s1. The van der Waals surface area contributed by atoms with Crippen LogP contribution >= 0.6 is 11.8 Å². The summed E-state index contributed by atoms with van der Waals surface area (Å²) < 4.78 is 12.5. The van der Waals surface area contributed by atoms with E-state index in [9.17, 15) is 9.59 Å². The summed E-state index contributed by atoms with van der Waals surface area (Å²) in [6.07, 6.45) is 0. The molecule has 0 aliphatic carbocycles. The van der Waals surface area contributed by atoms with Crippen molar-refractivity contribution in [3.05, 3.63) is 52.8 Å². The number of anilines is 1. The quantitative estimate of drug-likeness (QED) is 0.539. The van der Waals surface area contributed by atoms with Crippen LogP contribution in [0.25, 0.3) is 10.9 Å². The van der Waals surface area contributed by atoms with Gasteiger partial charge in [-0.05, 0) is 31.2 Å². The number of carbonyl (C=O) groups excluding carboxylic acids is 1. The summed E-state index contributed by atoms with van der Waals surface area (Å²) in [5, 5.41) is 3.47. The number of thioether (sulfide) groups is 1. The van der Waals surface area contributed by atoms with Gasteiger partial charge in [-0.3, -0.25) is 14.2 Å². The van der Waals surface area contributed by atoms with Gasteiger partial charge in [0, 0.05) is 18.8 Å². The third-order valence-electron chi connectivity index (χ3n) is 4.40. The van der Waals surface area contributed by atoms with E-state index in [4.69, 9.17) is 9.47 Å². The monoisotopic (exact) mass is 397 g/mol. The van der Waals surface area contributed by atoms with Crippen molar-refractivity contribution in [1.29, 1.82) is 0 Å². The molecule has 1 aliphatic rings. The first kappa shape index (κ1) is 18.4. The van der Waals surface area contributed by atoms with Crippen molar-refractivity contribution >= 4 is 34.3 Å². The first-order chi connectivity index (χ1) is 13.5. The number of hydrogen-bond acceptors (Lipinski definition) is 6. The number of hydrogen-bond donors (Lipinski definition) is 1. The van der Waals surface area contributed by atoms with E-state index < -0.39 is 5.25 Å². The van der Waals surface area contributed by atoms with Crippen molar-refractivity contribution in [3.63, 3.8) is 0 Å². The predicted molar refractivity (Wildman–Crippen MR) is 108 cm³/mol. The zero-order chi connectivity index (χ0) is 19.7. The van der Waals surface area contributed by atoms with Crippen LogP contribution in [-0.2, 0) is 11.8 Å². The fraction of sp³-hybridized carbons (Fsp3) is 0.250. The highest BCUT2D eigenvalue weighted by molar-refractivity contribution is 8.00. The molecule has 0 radical (unpaired) electrons. The molecular weight excluding hydrogens is 378 g/mol. The maximum absolute atomic E-state index is 12.6. The van der Waals surface area contributed by atoms with Gasteiger partial charge in [0.2, 0.25) is 5.91 Å². The van der Waals surface area contributed by atoms with Gasteiger partial charge >= 0.3 is 0 Å². The molecule has 2 heterocycles. The fourth-order valence-electron chi connectivity index (χ4n) is 2.88. The van der Waals surface area contributed by atoms with E-state index in [2.05, 4.69) is 10.3 Å². The van der Waals surface area contributed by atoms with E-state index in [0.717, 1.165) is 0 Å². The van der Waals surface area contributed by atoms with Crippen LogP contribution in [0.3, 0.4) is 0 Å². The van der Waals surface area contributed by atoms with Gasteiger partial charge in [0.25, 0.3) is 5.56 Å². The lowest BCUT2D eigenvalue weighted by molar-refractivity contribution is -0.115. The molecule has 1 amide bonds. The Morgan fingerprint density at radius 2 is 1.93 bits per heavy atom. The van der Waals surface area contributed by atoms with Gasteiger partial charge in [-0.2, -0.15) is 0 Å². The summed E-state index contributed by atoms with van der Waals surface area (Å²) in [7, 11) is 1.66. The van der Waals surface area contributed by atoms with Gasteiger partial charge in [0.05, 0.1) is 16.2 Å². The average Bonchev–Trinajstić information content (AvgIpc) is 2.71. The fourth-order valence-corrected chi connectivity index (χ4v) is 3.75. The molecule has 1 atom stereocenters. The summed E-state index contributed by atoms with van der Waals surface area (Å²) >= 11 is 1.24. The van der Waals surface area contributed by atoms with E-state index >= 15 is 0 Å². The third kappa shape index (κ3) is 3.55. The first-order valence-electron chi connectivity index (χ1n) is 8.86. The molecule has 3 aromatic rings. The van der Waals surface area contributed by atoms with Crippen molar-refractivity contribution < 1.29 is 14.3 Å². The number of amides is 1. The van der Waals surface area contributed by atoms with E-state index in [1.807, 2.05) is 12.1 Å². The molecule has 144 valence electrons. The molecule has 1 aliphatic heterocycles. The van der Waals surface area contributed by atoms with Gasteiger partial charge in [0.1, 0.15) is 13.2 Å². The zero-order valence-corrected chi connectivity index (χ0v) is 16.3. The van der Waals surface area contributed by atoms with Gasteiger partial charge in [0.15, 0.2) is 16.7 Å². The molecule has 28 heavy (non-hydrogen) atoms. The second-order valence-electron chi connectivity index (χ2n) is 6.38. The van der Waals surface area contributed by atoms with E-state index in [1.165, 1.54) is 16.3 Å². The molecule has 0 bridgehead atoms. The van der Waals surface area contributed by atoms with Crippen molar-refractivity contribution in [1.82, 2.24) is 9.55 Å². The third-order valence-corrected chi connectivity index (χ3v) is 5.55. The second kappa shape index (κ2) is 7.55. The lowest BCUT2D eigenvalue weighted by Gasteiger charge is -2.19. The molecule has 1 aromatic heterocycles. The molecule has 1 N–H and O–H groups in total. The number of benzene rings is 2. The summed E-state index contributed by atoms with van der Waals surface area (Å²) in [5.41, 5.74) is 1.11. The highest BCUT2D eigenvalue weighted by Gasteiger charge is 2.19. The maximum Gasteiger partial charge on any atom is 0.261 e. The average molecular weight is 397 g/mol. The highest BCUT2D eigenvalue weighted by atomic mass is 32.2. The number of para-hydroxylation sites is 1. The Labute approximate surface area is 165 Å². The number of carbonyl (C=O) groups is 1. The molecule has 7 nitrogen and oxygen atoms in total. The molecule has 0 saturated carbocycles. The second-order valence-corrected chi connectivity index (χ2v) is 7.69. The summed E-state index contributed by atoms with van der Waals surface area (Å²) in [4.78, 5) is 29.7. The Kier molecular flexibility index (Phi) is 4.95. The van der Waals surface area contributed by atoms with Gasteiger partial charge in [-0.15, -0.1) is 0 Å². The van der Waals surface area contributed by atoms with Crippen LogP contribution in [0.5, 0.6) is 11.5 Å². The van der Waals surface area contributed by atoms with Crippen LogP contribution in [0.2, 0.25) is 0 Å². The van der Waals surface area contributed by atoms with Crippen molar-refractivity contribution in [2.24, 2.45) is 7.05 Å². The topological polar surface area (TPSA) is 82.5 Å². The molecule has 0 spiro atoms. The number of ether oxygens (including phenoxy) is 2. The molecule has 0 saturated heterocycles. The minimum absolute atomic E-state index is 0.132. The van der Waals surface area contributed by atoms with Crippen molar-refractivity contribution in [3.8, 4) is 11.5 Å². The van der Waals surface area contributed by atoms with E-state index in [1.54, 1.807) is 44.3 Å². The smallest absolute Gasteiger partial charge is 0.261 e. The minimum atomic E-state index is -0.451. The maximum atomic E-state index is 12.6. The van der Waals surface area contributed by atoms with Crippen molar-refractivity contribution in [2.45, 2.75) is 17.3 Å². The molecule has 0 fully saturated rings. The SMILES string of the molecule is C[C@H](Sc1nc2ccccc2c(=O)n1C)C(=O)Nc1ccc2c(c1)OCCO2. The molecule has 8 heteroatoms. The van der Waals surface area contributed by atoms with Gasteiger partial charge in [-0.1, -0.05) is 23.9 Å². The van der Waals surface area contributed by atoms with Gasteiger partial charge in [-0.25, -0.2) is 4.98 Å². The summed E-state index contributed by atoms with van der Waals surface area (Å²) in [5.74, 6) is 1.09. The number of fused-ring (bicyclic) bond motifs is 2. The molecule has 0 unspecified atom stereocenters. The first-order valence-corrected chi connectivity index (χ1v) is 9.74. The predicted octanol–water partition coefficient (Wildman–Crippen LogP) is 2.82. The molecule has 4 rings (SSSR count). The zero-order valence-electron chi connectivity index (χ0n) is 15.5. The lowest BCUT2D eigenvalue weighted by atomic mass is 10.2. The van der Waals surface area contributed by atoms with Crippen LogP contribution < -0.4 is 20.3 Å². The van der Waals surface area contributed by atoms with Gasteiger partial charge < -0.3 is 14.8 Å². The Hall–Kier alpha value is -3.00. The van der Waals surface area contributed by atoms with Crippen LogP contribution in [0.4, 0.5) is 5.69 Å². The Morgan fingerprint density at radius 1 is 1.18 bits per heavy atom. The van der Waals surface area contributed by atoms with Crippen LogP contribution in [0.15, 0.2) is 52.4 Å². The summed E-state index contributed by atoms with van der Waals surface area (Å²) in [6, 6.07) is 12.5. The lowest BCUT2D eigenvalue weighted by Crippen LogP contribution is -2.25. The van der Waals surface area contributed by atoms with E-state index in [-0.39, 0.29) is 11.5 Å². The molecular formula is C20H19N3O4S. The Morgan fingerprint density at radius 3 is 2.75 bits per heavy atom. The normalized spacial score (nSPS) is 13.9. The summed E-state index contributed by atoms with van der Waals surface area (Å²) in [6.45, 7) is 2.78. The number of rotatable bonds is 4. The Bertz CT molecular complexity index is 1110. The highest BCUT2D eigenvalue weighted by Crippen LogP contribution is 2.33. The van der Waals surface area contributed by atoms with Crippen LogP contribution in [0, 0.1) is 0 Å². The Balaban J connectivity index is 1.51. The minimum Gasteiger partial charge on any atom is -0.486 e. The largest absolute Gasteiger partial charge is 0.486 e. The van der Waals surface area contributed by atoms with E-state index in [0.29, 0.717) is 46.5 Å². The number of nitrogens with one attached hydrogen (secondary N) is 1.